The third-order valence-electron chi connectivity index (χ3n) is 5.37. The smallest absolute Gasteiger partial charge is 0.245 e. The topological polar surface area (TPSA) is 75.3 Å². The highest BCUT2D eigenvalue weighted by Crippen LogP contribution is 2.32. The van der Waals surface area contributed by atoms with E-state index in [2.05, 4.69) is 10.2 Å². The zero-order valence-corrected chi connectivity index (χ0v) is 17.1. The molecule has 1 saturated heterocycles. The first-order valence-corrected chi connectivity index (χ1v) is 11.0. The van der Waals surface area contributed by atoms with Crippen LogP contribution in [-0.4, -0.2) is 43.1 Å². The number of nitrogens with zero attached hydrogens (tertiary/aromatic N) is 2. The van der Waals surface area contributed by atoms with E-state index in [1.807, 2.05) is 30.3 Å². The van der Waals surface area contributed by atoms with E-state index in [0.717, 1.165) is 34.8 Å². The van der Waals surface area contributed by atoms with Crippen molar-refractivity contribution in [2.24, 2.45) is 0 Å². The Labute approximate surface area is 173 Å². The van der Waals surface area contributed by atoms with Gasteiger partial charge in [0.15, 0.2) is 0 Å². The summed E-state index contributed by atoms with van der Waals surface area (Å²) >= 11 is 0. The summed E-state index contributed by atoms with van der Waals surface area (Å²) in [7, 11) is -2.40. The van der Waals surface area contributed by atoms with Crippen LogP contribution in [0.4, 0.5) is 8.78 Å². The lowest BCUT2D eigenvalue weighted by Crippen LogP contribution is -2.38. The van der Waals surface area contributed by atoms with Crippen molar-refractivity contribution in [2.45, 2.75) is 23.7 Å². The first-order valence-electron chi connectivity index (χ1n) is 9.53. The van der Waals surface area contributed by atoms with Crippen molar-refractivity contribution in [1.82, 2.24) is 14.5 Å². The quantitative estimate of drug-likeness (QED) is 0.662. The molecule has 0 saturated carbocycles. The Kier molecular flexibility index (Phi) is 5.57. The summed E-state index contributed by atoms with van der Waals surface area (Å²) < 4.78 is 59.1. The Morgan fingerprint density at radius 3 is 2.57 bits per heavy atom. The number of hydrogen-bond donors (Lipinski definition) is 1. The normalized spacial score (nSPS) is 16.0. The maximum Gasteiger partial charge on any atom is 0.245 e. The highest BCUT2D eigenvalue weighted by molar-refractivity contribution is 7.89. The van der Waals surface area contributed by atoms with Crippen LogP contribution in [0.2, 0.25) is 0 Å². The molecule has 1 aromatic heterocycles. The maximum atomic E-state index is 14.0. The molecule has 0 spiro atoms. The van der Waals surface area contributed by atoms with Crippen LogP contribution in [0.5, 0.6) is 5.75 Å². The molecule has 1 aliphatic rings. The average Bonchev–Trinajstić information content (AvgIpc) is 3.24. The lowest BCUT2D eigenvalue weighted by molar-refractivity contribution is 0.315. The van der Waals surface area contributed by atoms with E-state index in [9.17, 15) is 17.2 Å². The second-order valence-corrected chi connectivity index (χ2v) is 9.10. The molecule has 4 rings (SSSR count). The fourth-order valence-electron chi connectivity index (χ4n) is 3.71. The van der Waals surface area contributed by atoms with Crippen molar-refractivity contribution in [1.29, 1.82) is 0 Å². The van der Waals surface area contributed by atoms with Crippen molar-refractivity contribution < 1.29 is 21.9 Å². The maximum absolute atomic E-state index is 14.0. The first kappa shape index (κ1) is 20.5. The molecule has 0 atom stereocenters. The summed E-state index contributed by atoms with van der Waals surface area (Å²) in [5.74, 6) is -1.03. The van der Waals surface area contributed by atoms with Crippen LogP contribution in [0.25, 0.3) is 11.3 Å². The van der Waals surface area contributed by atoms with Crippen LogP contribution in [-0.2, 0) is 10.0 Å². The number of aromatic nitrogens is 2. The van der Waals surface area contributed by atoms with Crippen molar-refractivity contribution in [3.05, 3.63) is 65.9 Å². The number of piperidine rings is 1. The van der Waals surface area contributed by atoms with E-state index >= 15 is 0 Å². The van der Waals surface area contributed by atoms with Gasteiger partial charge in [-0.1, -0.05) is 12.1 Å². The van der Waals surface area contributed by atoms with Crippen molar-refractivity contribution in [3.8, 4) is 17.0 Å². The first-order chi connectivity index (χ1) is 14.4. The minimum absolute atomic E-state index is 0.112. The summed E-state index contributed by atoms with van der Waals surface area (Å²) in [5.41, 5.74) is 2.63. The summed E-state index contributed by atoms with van der Waals surface area (Å²) in [4.78, 5) is -0.496. The molecule has 1 fully saturated rings. The van der Waals surface area contributed by atoms with E-state index in [-0.39, 0.29) is 19.0 Å². The van der Waals surface area contributed by atoms with Gasteiger partial charge in [-0.25, -0.2) is 17.2 Å². The number of ether oxygens (including phenoxy) is 1. The van der Waals surface area contributed by atoms with Crippen LogP contribution < -0.4 is 4.74 Å². The van der Waals surface area contributed by atoms with Gasteiger partial charge in [0, 0.05) is 36.3 Å². The number of aromatic amines is 1. The lowest BCUT2D eigenvalue weighted by atomic mass is 9.94. The Morgan fingerprint density at radius 2 is 1.87 bits per heavy atom. The third-order valence-corrected chi connectivity index (χ3v) is 7.30. The summed E-state index contributed by atoms with van der Waals surface area (Å²) in [5, 5.41) is 7.43. The molecule has 1 N–H and O–H groups in total. The van der Waals surface area contributed by atoms with Crippen molar-refractivity contribution >= 4 is 10.0 Å². The number of hydrogen-bond acceptors (Lipinski definition) is 4. The molecule has 2 aromatic carbocycles. The molecule has 2 heterocycles. The largest absolute Gasteiger partial charge is 0.497 e. The molecule has 0 aliphatic carbocycles. The molecule has 0 unspecified atom stereocenters. The zero-order chi connectivity index (χ0) is 21.3. The average molecular weight is 433 g/mol. The number of benzene rings is 2. The van der Waals surface area contributed by atoms with Gasteiger partial charge in [-0.2, -0.15) is 9.40 Å². The molecule has 30 heavy (non-hydrogen) atoms. The number of halogens is 2. The van der Waals surface area contributed by atoms with Gasteiger partial charge in [-0.3, -0.25) is 5.10 Å². The standard InChI is InChI=1S/C21H21F2N3O3S/c1-29-17-4-2-3-15(11-17)20-13-19(24-25-20)14-7-9-26(10-8-14)30(27,28)21-6-5-16(22)12-18(21)23/h2-6,11-14H,7-10H2,1H3,(H,24,25). The lowest BCUT2D eigenvalue weighted by Gasteiger charge is -2.30. The number of methoxy groups -OCH3 is 1. The SMILES string of the molecule is COc1cccc(-c2cc(C3CCN(S(=O)(=O)c4ccc(F)cc4F)CC3)[nH]n2)c1. The van der Waals surface area contributed by atoms with Crippen molar-refractivity contribution in [2.75, 3.05) is 20.2 Å². The van der Waals surface area contributed by atoms with E-state index in [1.54, 1.807) is 7.11 Å². The molecule has 1 aliphatic heterocycles. The fraction of sp³-hybridized carbons (Fsp3) is 0.286. The molecule has 3 aromatic rings. The third kappa shape index (κ3) is 3.95. The van der Waals surface area contributed by atoms with Gasteiger partial charge in [0.1, 0.15) is 22.3 Å². The highest BCUT2D eigenvalue weighted by atomic mass is 32.2. The minimum Gasteiger partial charge on any atom is -0.497 e. The van der Waals surface area contributed by atoms with E-state index < -0.39 is 26.6 Å². The predicted octanol–water partition coefficient (Wildman–Crippen LogP) is 3.93. The van der Waals surface area contributed by atoms with Crippen LogP contribution in [0.1, 0.15) is 24.5 Å². The molecule has 9 heteroatoms. The van der Waals surface area contributed by atoms with Gasteiger partial charge in [0.2, 0.25) is 10.0 Å². The number of H-pyrrole nitrogens is 1. The second-order valence-electron chi connectivity index (χ2n) is 7.19. The molecular weight excluding hydrogens is 412 g/mol. The monoisotopic (exact) mass is 433 g/mol. The molecular formula is C21H21F2N3O3S. The fourth-order valence-corrected chi connectivity index (χ4v) is 5.22. The summed E-state index contributed by atoms with van der Waals surface area (Å²) in [6.45, 7) is 0.495. The van der Waals surface area contributed by atoms with E-state index in [1.165, 1.54) is 4.31 Å². The van der Waals surface area contributed by atoms with Crippen LogP contribution in [0.15, 0.2) is 53.4 Å². The van der Waals surface area contributed by atoms with Gasteiger partial charge in [0.25, 0.3) is 0 Å². The Bertz CT molecular complexity index is 1160. The van der Waals surface area contributed by atoms with Crippen LogP contribution >= 0.6 is 0 Å². The minimum atomic E-state index is -4.01. The molecule has 0 bridgehead atoms. The van der Waals surface area contributed by atoms with Crippen LogP contribution in [0, 0.1) is 11.6 Å². The molecule has 0 radical (unpaired) electrons. The van der Waals surface area contributed by atoms with Gasteiger partial charge >= 0.3 is 0 Å². The van der Waals surface area contributed by atoms with Gasteiger partial charge in [-0.15, -0.1) is 0 Å². The van der Waals surface area contributed by atoms with Gasteiger partial charge in [-0.05, 0) is 43.2 Å². The number of nitrogens with one attached hydrogen (secondary N) is 1. The highest BCUT2D eigenvalue weighted by Gasteiger charge is 2.32. The van der Waals surface area contributed by atoms with Crippen LogP contribution in [0.3, 0.4) is 0 Å². The number of sulfonamides is 1. The Morgan fingerprint density at radius 1 is 1.10 bits per heavy atom. The molecule has 0 amide bonds. The van der Waals surface area contributed by atoms with E-state index in [4.69, 9.17) is 4.74 Å². The molecule has 6 nitrogen and oxygen atoms in total. The van der Waals surface area contributed by atoms with Gasteiger partial charge < -0.3 is 4.74 Å². The van der Waals surface area contributed by atoms with Gasteiger partial charge in [0.05, 0.1) is 12.8 Å². The Balaban J connectivity index is 1.46. The van der Waals surface area contributed by atoms with E-state index in [0.29, 0.717) is 18.9 Å². The Hall–Kier alpha value is -2.78. The summed E-state index contributed by atoms with van der Waals surface area (Å²) in [6.07, 6.45) is 1.14. The summed E-state index contributed by atoms with van der Waals surface area (Å²) in [6, 6.07) is 12.1. The second kappa shape index (κ2) is 8.16. The zero-order valence-electron chi connectivity index (χ0n) is 16.3. The number of rotatable bonds is 5. The van der Waals surface area contributed by atoms with Crippen molar-refractivity contribution in [3.63, 3.8) is 0 Å². The molecule has 158 valence electrons. The predicted molar refractivity (Wildman–Crippen MR) is 108 cm³/mol.